The number of hydrogen-bond acceptors (Lipinski definition) is 9. The monoisotopic (exact) mass is 772 g/mol. The minimum atomic E-state index is -0.555. The van der Waals surface area contributed by atoms with Gasteiger partial charge in [-0.3, -0.25) is 14.4 Å². The molecule has 9 heteroatoms. The molecule has 4 saturated carbocycles. The van der Waals surface area contributed by atoms with Crippen LogP contribution >= 0.6 is 0 Å². The van der Waals surface area contributed by atoms with Crippen LogP contribution in [0.15, 0.2) is 60.7 Å². The van der Waals surface area contributed by atoms with E-state index in [-0.39, 0.29) is 29.3 Å². The van der Waals surface area contributed by atoms with E-state index in [1.807, 2.05) is 105 Å². The lowest BCUT2D eigenvalue weighted by Crippen LogP contribution is -2.61. The van der Waals surface area contributed by atoms with Crippen LogP contribution < -0.4 is 9.47 Å². The van der Waals surface area contributed by atoms with E-state index in [2.05, 4.69) is 0 Å². The number of para-hydroxylation sites is 1. The molecule has 1 heterocycles. The number of esters is 3. The van der Waals surface area contributed by atoms with Crippen molar-refractivity contribution >= 4 is 28.7 Å². The third kappa shape index (κ3) is 9.88. The van der Waals surface area contributed by atoms with E-state index in [1.165, 1.54) is 12.0 Å². The molecule has 4 bridgehead atoms. The summed E-state index contributed by atoms with van der Waals surface area (Å²) in [5.41, 5.74) is -1.10. The van der Waals surface area contributed by atoms with Crippen molar-refractivity contribution in [2.45, 2.75) is 150 Å². The normalized spacial score (nSPS) is 25.0. The van der Waals surface area contributed by atoms with Crippen LogP contribution in [0.4, 0.5) is 0 Å². The van der Waals surface area contributed by atoms with E-state index in [4.69, 9.17) is 18.9 Å². The van der Waals surface area contributed by atoms with Crippen molar-refractivity contribution in [1.82, 2.24) is 0 Å². The highest BCUT2D eigenvalue weighted by Crippen LogP contribution is 2.59. The van der Waals surface area contributed by atoms with Gasteiger partial charge in [0.2, 0.25) is 6.29 Å². The fourth-order valence-electron chi connectivity index (χ4n) is 8.26. The molecule has 0 radical (unpaired) electrons. The van der Waals surface area contributed by atoms with Gasteiger partial charge in [-0.25, -0.2) is 0 Å². The first-order valence-electron chi connectivity index (χ1n) is 20.6. The summed E-state index contributed by atoms with van der Waals surface area (Å²) in [6.45, 7) is 17.4. The minimum absolute atomic E-state index is 0.0828. The van der Waals surface area contributed by atoms with Gasteiger partial charge >= 0.3 is 17.9 Å². The molecule has 4 aliphatic carbocycles. The lowest BCUT2D eigenvalue weighted by atomic mass is 9.52. The second-order valence-electron chi connectivity index (χ2n) is 18.6. The Labute approximate surface area is 333 Å². The molecular formula is C47H64O9. The number of aromatic hydroxyl groups is 1. The smallest absolute Gasteiger partial charge is 0.316 e. The zero-order valence-corrected chi connectivity index (χ0v) is 35.0. The second-order valence-corrected chi connectivity index (χ2v) is 18.6. The summed E-state index contributed by atoms with van der Waals surface area (Å²) in [5, 5.41) is 21.9. The summed E-state index contributed by atoms with van der Waals surface area (Å²) in [5.74, 6) is 2.09. The number of ether oxygens (including phenoxy) is 4. The summed E-state index contributed by atoms with van der Waals surface area (Å²) < 4.78 is 22.6. The number of rotatable bonds is 9. The van der Waals surface area contributed by atoms with Crippen molar-refractivity contribution in [3.8, 4) is 17.2 Å². The first-order chi connectivity index (χ1) is 26.2. The standard InChI is InChI=1S/C16H26O3.C16H18O3.C15H20O3/c1-4-14(2,3)13(17)19-16-8-11-5-12(9-16)7-15(18,6-11)10-16;1-4-16(2,3)15(18)19-14-10-9-13(17)11-7-5-6-8-12(11)14;1-4-15(2,3)14(16)18-13-10-9-11-7-5-6-8-12(11)17-13/h11-12,18H,4-10H2,1-3H3;5-10,17H,4H2,1-3H3;5-8,13H,4,9-10H2,1-3H3. The average Bonchev–Trinajstić information content (AvgIpc) is 3.15. The van der Waals surface area contributed by atoms with Crippen LogP contribution in [0.3, 0.4) is 0 Å². The van der Waals surface area contributed by atoms with Crippen molar-refractivity contribution in [2.75, 3.05) is 0 Å². The fourth-order valence-corrected chi connectivity index (χ4v) is 8.26. The van der Waals surface area contributed by atoms with E-state index in [1.54, 1.807) is 18.2 Å². The average molecular weight is 773 g/mol. The maximum absolute atomic E-state index is 12.4. The van der Waals surface area contributed by atoms with Crippen molar-refractivity contribution in [2.24, 2.45) is 28.1 Å². The molecule has 9 nitrogen and oxygen atoms in total. The molecule has 56 heavy (non-hydrogen) atoms. The first-order valence-corrected chi connectivity index (χ1v) is 20.6. The second kappa shape index (κ2) is 16.8. The molecule has 4 fully saturated rings. The highest BCUT2D eigenvalue weighted by Gasteiger charge is 2.59. The van der Waals surface area contributed by atoms with Gasteiger partial charge in [0.15, 0.2) is 0 Å². The van der Waals surface area contributed by atoms with Gasteiger partial charge in [0.05, 0.1) is 21.8 Å². The molecule has 5 aliphatic rings. The lowest BCUT2D eigenvalue weighted by Gasteiger charge is -2.59. The molecule has 1 aliphatic heterocycles. The van der Waals surface area contributed by atoms with Gasteiger partial charge in [-0.1, -0.05) is 63.2 Å². The van der Waals surface area contributed by atoms with Crippen LogP contribution in [-0.2, 0) is 30.3 Å². The molecule has 3 atom stereocenters. The number of phenolic OH excluding ortho intramolecular Hbond substituents is 1. The summed E-state index contributed by atoms with van der Waals surface area (Å²) in [4.78, 5) is 36.5. The van der Waals surface area contributed by atoms with Gasteiger partial charge in [-0.2, -0.15) is 0 Å². The quantitative estimate of drug-likeness (QED) is 0.161. The predicted octanol–water partition coefficient (Wildman–Crippen LogP) is 10.3. The van der Waals surface area contributed by atoms with Crippen LogP contribution in [-0.4, -0.2) is 45.6 Å². The number of carbonyl (C=O) groups excluding carboxylic acids is 3. The Bertz CT molecular complexity index is 1860. The van der Waals surface area contributed by atoms with Crippen LogP contribution in [0.5, 0.6) is 17.2 Å². The van der Waals surface area contributed by atoms with Crippen molar-refractivity contribution < 1.29 is 43.5 Å². The van der Waals surface area contributed by atoms with Gasteiger partial charge in [0.1, 0.15) is 22.8 Å². The number of carbonyl (C=O) groups is 3. The van der Waals surface area contributed by atoms with Crippen LogP contribution in [0.25, 0.3) is 10.8 Å². The Morgan fingerprint density at radius 3 is 1.89 bits per heavy atom. The SMILES string of the molecule is CCC(C)(C)C(=O)OC12CC3CC(CC(O)(C3)C1)C2.CCC(C)(C)C(=O)OC1CCc2ccccc2O1.CCC(C)(C)C(=O)Oc1ccc(O)c2ccccc12. The highest BCUT2D eigenvalue weighted by atomic mass is 16.7. The predicted molar refractivity (Wildman–Crippen MR) is 217 cm³/mol. The third-order valence-corrected chi connectivity index (χ3v) is 12.8. The minimum Gasteiger partial charge on any atom is -0.507 e. The number of aliphatic hydroxyl groups is 1. The van der Waals surface area contributed by atoms with Crippen molar-refractivity contribution in [3.05, 3.63) is 66.2 Å². The van der Waals surface area contributed by atoms with E-state index >= 15 is 0 Å². The van der Waals surface area contributed by atoms with Crippen molar-refractivity contribution in [1.29, 1.82) is 0 Å². The molecule has 8 rings (SSSR count). The van der Waals surface area contributed by atoms with E-state index in [9.17, 15) is 24.6 Å². The topological polar surface area (TPSA) is 129 Å². The molecule has 306 valence electrons. The maximum atomic E-state index is 12.4. The van der Waals surface area contributed by atoms with E-state index in [0.717, 1.165) is 62.5 Å². The third-order valence-electron chi connectivity index (χ3n) is 12.8. The first kappa shape index (κ1) is 43.0. The van der Waals surface area contributed by atoms with Gasteiger partial charge in [-0.15, -0.1) is 0 Å². The number of fused-ring (bicyclic) bond motifs is 2. The van der Waals surface area contributed by atoms with Gasteiger partial charge in [-0.05, 0) is 135 Å². The van der Waals surface area contributed by atoms with Crippen LogP contribution in [0.1, 0.15) is 132 Å². The zero-order chi connectivity index (χ0) is 41.1. The fraction of sp³-hybridized carbons (Fsp3) is 0.596. The Hall–Kier alpha value is -4.11. The van der Waals surface area contributed by atoms with E-state index < -0.39 is 28.1 Å². The van der Waals surface area contributed by atoms with Gasteiger partial charge in [0.25, 0.3) is 0 Å². The van der Waals surface area contributed by atoms with Gasteiger partial charge in [0, 0.05) is 23.6 Å². The Balaban J connectivity index is 0.000000161. The van der Waals surface area contributed by atoms with Crippen molar-refractivity contribution in [3.63, 3.8) is 0 Å². The largest absolute Gasteiger partial charge is 0.507 e. The number of phenols is 1. The molecule has 0 spiro atoms. The molecule has 3 unspecified atom stereocenters. The van der Waals surface area contributed by atoms with E-state index in [0.29, 0.717) is 35.8 Å². The lowest BCUT2D eigenvalue weighted by molar-refractivity contribution is -0.225. The summed E-state index contributed by atoms with van der Waals surface area (Å²) >= 11 is 0. The summed E-state index contributed by atoms with van der Waals surface area (Å²) in [6, 6.07) is 18.4. The number of aryl methyl sites for hydroxylation is 1. The maximum Gasteiger partial charge on any atom is 0.316 e. The molecule has 3 aromatic carbocycles. The molecule has 3 aromatic rings. The molecule has 2 N–H and O–H groups in total. The Kier molecular flexibility index (Phi) is 12.9. The zero-order valence-electron chi connectivity index (χ0n) is 35.0. The molecular weight excluding hydrogens is 709 g/mol. The molecule has 0 amide bonds. The summed E-state index contributed by atoms with van der Waals surface area (Å²) in [7, 11) is 0. The molecule has 0 saturated heterocycles. The Morgan fingerprint density at radius 2 is 1.29 bits per heavy atom. The highest BCUT2D eigenvalue weighted by molar-refractivity contribution is 5.95. The van der Waals surface area contributed by atoms with Crippen LogP contribution in [0.2, 0.25) is 0 Å². The summed E-state index contributed by atoms with van der Waals surface area (Å²) in [6.07, 6.45) is 9.09. The number of hydrogen-bond donors (Lipinski definition) is 2. The number of benzene rings is 3. The van der Waals surface area contributed by atoms with Gasteiger partial charge < -0.3 is 29.2 Å². The Morgan fingerprint density at radius 1 is 0.732 bits per heavy atom. The van der Waals surface area contributed by atoms with Crippen LogP contribution in [0, 0.1) is 28.1 Å². The molecule has 0 aromatic heterocycles.